The Morgan fingerprint density at radius 1 is 1.15 bits per heavy atom. The molecule has 0 heterocycles. The van der Waals surface area contributed by atoms with Crippen molar-refractivity contribution >= 4 is 15.7 Å². The zero-order valence-corrected chi connectivity index (χ0v) is 12.7. The average molecular weight is 295 g/mol. The maximum absolute atomic E-state index is 12.2. The Morgan fingerprint density at radius 3 is 2.30 bits per heavy atom. The van der Waals surface area contributed by atoms with Crippen molar-refractivity contribution in [3.63, 3.8) is 0 Å². The minimum absolute atomic E-state index is 0.121. The van der Waals surface area contributed by atoms with Gasteiger partial charge in [0.1, 0.15) is 0 Å². The van der Waals surface area contributed by atoms with Crippen molar-refractivity contribution in [3.05, 3.63) is 29.8 Å². The van der Waals surface area contributed by atoms with E-state index in [9.17, 15) is 13.2 Å². The van der Waals surface area contributed by atoms with Crippen molar-refractivity contribution in [3.8, 4) is 0 Å². The molecule has 1 aliphatic carbocycles. The minimum atomic E-state index is -3.21. The summed E-state index contributed by atoms with van der Waals surface area (Å²) < 4.78 is 22.7. The smallest absolute Gasteiger partial charge is 0.251 e. The normalized spacial score (nSPS) is 23.3. The molecule has 5 heteroatoms. The van der Waals surface area contributed by atoms with E-state index in [2.05, 4.69) is 12.2 Å². The number of benzene rings is 1. The van der Waals surface area contributed by atoms with Gasteiger partial charge in [-0.3, -0.25) is 4.79 Å². The first-order chi connectivity index (χ1) is 9.38. The first-order valence-corrected chi connectivity index (χ1v) is 8.88. The van der Waals surface area contributed by atoms with Crippen molar-refractivity contribution in [2.75, 3.05) is 6.26 Å². The molecule has 1 aliphatic rings. The summed E-state index contributed by atoms with van der Waals surface area (Å²) in [5.74, 6) is 0.381. The highest BCUT2D eigenvalue weighted by Crippen LogP contribution is 2.24. The highest BCUT2D eigenvalue weighted by molar-refractivity contribution is 7.90. The third-order valence-electron chi connectivity index (χ3n) is 3.97. The number of rotatable bonds is 3. The average Bonchev–Trinajstić information content (AvgIpc) is 2.40. The van der Waals surface area contributed by atoms with Crippen LogP contribution in [0.15, 0.2) is 29.2 Å². The van der Waals surface area contributed by atoms with Crippen LogP contribution in [0.5, 0.6) is 0 Å². The summed E-state index contributed by atoms with van der Waals surface area (Å²) in [5.41, 5.74) is 0.509. The maximum atomic E-state index is 12.2. The summed E-state index contributed by atoms with van der Waals surface area (Å²) in [6.45, 7) is 2.16. The van der Waals surface area contributed by atoms with Crippen LogP contribution in [-0.4, -0.2) is 26.6 Å². The van der Waals surface area contributed by atoms with Gasteiger partial charge in [0.25, 0.3) is 5.91 Å². The third kappa shape index (κ3) is 3.60. The summed E-state index contributed by atoms with van der Waals surface area (Å²) in [5, 5.41) is 3.05. The molecule has 0 aromatic heterocycles. The number of amides is 1. The van der Waals surface area contributed by atoms with Crippen molar-refractivity contribution < 1.29 is 13.2 Å². The lowest BCUT2D eigenvalue weighted by Crippen LogP contribution is -2.41. The van der Waals surface area contributed by atoms with E-state index in [1.807, 2.05) is 0 Å². The molecule has 0 bridgehead atoms. The Morgan fingerprint density at radius 2 is 1.75 bits per heavy atom. The van der Waals surface area contributed by atoms with Crippen LogP contribution in [0, 0.1) is 5.92 Å². The molecule has 1 aromatic rings. The maximum Gasteiger partial charge on any atom is 0.251 e. The Bertz CT molecular complexity index is 578. The number of carbonyl (C=O) groups excluding carboxylic acids is 1. The summed E-state index contributed by atoms with van der Waals surface area (Å²) >= 11 is 0. The fourth-order valence-electron chi connectivity index (χ4n) is 2.64. The Hall–Kier alpha value is -1.36. The Balaban J connectivity index is 2.06. The zero-order valence-electron chi connectivity index (χ0n) is 11.9. The predicted molar refractivity (Wildman–Crippen MR) is 78.4 cm³/mol. The molecule has 0 radical (unpaired) electrons. The second-order valence-corrected chi connectivity index (χ2v) is 7.65. The van der Waals surface area contributed by atoms with E-state index in [0.717, 1.165) is 25.5 Å². The molecule has 0 aliphatic heterocycles. The van der Waals surface area contributed by atoms with Crippen molar-refractivity contribution in [2.45, 2.75) is 43.5 Å². The van der Waals surface area contributed by atoms with Gasteiger partial charge in [0, 0.05) is 17.9 Å². The molecular formula is C15H21NO3S. The number of nitrogens with one attached hydrogen (secondary N) is 1. The number of hydrogen-bond donors (Lipinski definition) is 1. The summed E-state index contributed by atoms with van der Waals surface area (Å²) in [6, 6.07) is 6.33. The van der Waals surface area contributed by atoms with Crippen LogP contribution in [0.3, 0.4) is 0 Å². The van der Waals surface area contributed by atoms with Crippen LogP contribution >= 0.6 is 0 Å². The van der Waals surface area contributed by atoms with Crippen LogP contribution in [0.25, 0.3) is 0 Å². The van der Waals surface area contributed by atoms with E-state index in [1.165, 1.54) is 18.6 Å². The molecule has 4 nitrogen and oxygen atoms in total. The quantitative estimate of drug-likeness (QED) is 0.931. The largest absolute Gasteiger partial charge is 0.349 e. The molecule has 0 spiro atoms. The summed E-state index contributed by atoms with van der Waals surface area (Å²) in [4.78, 5) is 12.4. The second kappa shape index (κ2) is 5.95. The molecule has 0 saturated heterocycles. The highest BCUT2D eigenvalue weighted by Gasteiger charge is 2.23. The molecule has 1 aromatic carbocycles. The van der Waals surface area contributed by atoms with Gasteiger partial charge >= 0.3 is 0 Å². The van der Waals surface area contributed by atoms with Gasteiger partial charge in [-0.25, -0.2) is 8.42 Å². The highest BCUT2D eigenvalue weighted by atomic mass is 32.2. The third-order valence-corrected chi connectivity index (χ3v) is 5.10. The van der Waals surface area contributed by atoms with Gasteiger partial charge in [0.2, 0.25) is 0 Å². The van der Waals surface area contributed by atoms with E-state index in [-0.39, 0.29) is 16.8 Å². The number of carbonyl (C=O) groups is 1. The van der Waals surface area contributed by atoms with Gasteiger partial charge in [-0.15, -0.1) is 0 Å². The van der Waals surface area contributed by atoms with E-state index >= 15 is 0 Å². The van der Waals surface area contributed by atoms with Crippen molar-refractivity contribution in [1.29, 1.82) is 0 Å². The van der Waals surface area contributed by atoms with Gasteiger partial charge in [-0.2, -0.15) is 0 Å². The van der Waals surface area contributed by atoms with Crippen molar-refractivity contribution in [2.24, 2.45) is 5.92 Å². The molecule has 1 N–H and O–H groups in total. The van der Waals surface area contributed by atoms with Gasteiger partial charge < -0.3 is 5.32 Å². The number of sulfone groups is 1. The lowest BCUT2D eigenvalue weighted by molar-refractivity contribution is 0.0910. The van der Waals surface area contributed by atoms with Gasteiger partial charge in [-0.1, -0.05) is 19.8 Å². The van der Waals surface area contributed by atoms with E-state index in [1.54, 1.807) is 12.1 Å². The van der Waals surface area contributed by atoms with E-state index in [4.69, 9.17) is 0 Å². The molecule has 2 atom stereocenters. The molecule has 1 saturated carbocycles. The monoisotopic (exact) mass is 295 g/mol. The Labute approximate surface area is 120 Å². The van der Waals surface area contributed by atoms with Gasteiger partial charge in [-0.05, 0) is 43.0 Å². The van der Waals surface area contributed by atoms with Gasteiger partial charge in [0.15, 0.2) is 9.84 Å². The SMILES string of the molecule is C[C@@H]1CCCC[C@@H]1NC(=O)c1ccc(S(C)(=O)=O)cc1. The zero-order chi connectivity index (χ0) is 14.8. The van der Waals surface area contributed by atoms with Crippen LogP contribution < -0.4 is 5.32 Å². The van der Waals surface area contributed by atoms with Crippen LogP contribution in [0.2, 0.25) is 0 Å². The first kappa shape index (κ1) is 15.0. The van der Waals surface area contributed by atoms with E-state index in [0.29, 0.717) is 11.5 Å². The van der Waals surface area contributed by atoms with Crippen molar-refractivity contribution in [1.82, 2.24) is 5.32 Å². The molecule has 1 fully saturated rings. The standard InChI is InChI=1S/C15H21NO3S/c1-11-5-3-4-6-14(11)16-15(17)12-7-9-13(10-8-12)20(2,18)19/h7-11,14H,3-6H2,1-2H3,(H,16,17)/t11-,14+/m1/s1. The summed E-state index contributed by atoms with van der Waals surface area (Å²) in [7, 11) is -3.21. The lowest BCUT2D eigenvalue weighted by atomic mass is 9.86. The fraction of sp³-hybridized carbons (Fsp3) is 0.533. The number of hydrogen-bond acceptors (Lipinski definition) is 3. The van der Waals surface area contributed by atoms with Crippen LogP contribution in [0.1, 0.15) is 43.0 Å². The molecule has 1 amide bonds. The molecular weight excluding hydrogens is 274 g/mol. The summed E-state index contributed by atoms with van der Waals surface area (Å²) in [6.07, 6.45) is 5.72. The molecule has 110 valence electrons. The lowest BCUT2D eigenvalue weighted by Gasteiger charge is -2.29. The molecule has 2 rings (SSSR count). The fourth-order valence-corrected chi connectivity index (χ4v) is 3.27. The predicted octanol–water partition coefficient (Wildman–Crippen LogP) is 2.40. The first-order valence-electron chi connectivity index (χ1n) is 6.99. The molecule has 20 heavy (non-hydrogen) atoms. The molecule has 0 unspecified atom stereocenters. The minimum Gasteiger partial charge on any atom is -0.349 e. The van der Waals surface area contributed by atoms with E-state index < -0.39 is 9.84 Å². The topological polar surface area (TPSA) is 63.2 Å². The Kier molecular flexibility index (Phi) is 4.48. The van der Waals surface area contributed by atoms with Gasteiger partial charge in [0.05, 0.1) is 4.90 Å². The second-order valence-electron chi connectivity index (χ2n) is 5.64. The van der Waals surface area contributed by atoms with Crippen LogP contribution in [-0.2, 0) is 9.84 Å². The van der Waals surface area contributed by atoms with Crippen LogP contribution in [0.4, 0.5) is 0 Å².